The van der Waals surface area contributed by atoms with Gasteiger partial charge in [0.2, 0.25) is 0 Å². The fourth-order valence-corrected chi connectivity index (χ4v) is 3.86. The molecule has 0 atom stereocenters. The Hall–Kier alpha value is -4.66. The molecule has 0 aliphatic carbocycles. The third-order valence-electron chi connectivity index (χ3n) is 5.65. The van der Waals surface area contributed by atoms with E-state index in [2.05, 4.69) is 15.5 Å². The second kappa shape index (κ2) is 9.68. The lowest BCUT2D eigenvalue weighted by Gasteiger charge is -2.08. The summed E-state index contributed by atoms with van der Waals surface area (Å²) >= 11 is 0. The van der Waals surface area contributed by atoms with Crippen LogP contribution in [0.3, 0.4) is 0 Å². The summed E-state index contributed by atoms with van der Waals surface area (Å²) in [4.78, 5) is 25.3. The maximum absolute atomic E-state index is 12.9. The number of nitrogens with one attached hydrogen (secondary N) is 1. The Labute approximate surface area is 201 Å². The number of para-hydroxylation sites is 1. The van der Waals surface area contributed by atoms with Crippen molar-refractivity contribution < 1.29 is 9.53 Å². The van der Waals surface area contributed by atoms with Gasteiger partial charge in [-0.2, -0.15) is 5.10 Å². The molecule has 0 saturated heterocycles. The Balaban J connectivity index is 1.31. The van der Waals surface area contributed by atoms with Crippen LogP contribution in [-0.4, -0.2) is 43.5 Å². The molecule has 5 aromatic rings. The van der Waals surface area contributed by atoms with Crippen LogP contribution in [0, 0.1) is 0 Å². The van der Waals surface area contributed by atoms with Crippen molar-refractivity contribution in [3.05, 3.63) is 101 Å². The van der Waals surface area contributed by atoms with Crippen molar-refractivity contribution in [3.63, 3.8) is 0 Å². The summed E-state index contributed by atoms with van der Waals surface area (Å²) in [6.45, 7) is 0.783. The Morgan fingerprint density at radius 2 is 1.74 bits per heavy atom. The molecule has 0 aliphatic rings. The zero-order valence-corrected chi connectivity index (χ0v) is 19.2. The first-order valence-electron chi connectivity index (χ1n) is 11.3. The molecule has 0 spiro atoms. The van der Waals surface area contributed by atoms with Crippen molar-refractivity contribution in [2.75, 3.05) is 13.7 Å². The number of aryl methyl sites for hydroxylation is 1. The van der Waals surface area contributed by atoms with Gasteiger partial charge < -0.3 is 10.1 Å². The fourth-order valence-electron chi connectivity index (χ4n) is 3.86. The quantitative estimate of drug-likeness (QED) is 0.353. The lowest BCUT2D eigenvalue weighted by atomic mass is 10.1. The second-order valence-corrected chi connectivity index (χ2v) is 7.93. The smallest absolute Gasteiger partial charge is 0.350 e. The van der Waals surface area contributed by atoms with Gasteiger partial charge in [0.05, 0.1) is 18.5 Å². The highest BCUT2D eigenvalue weighted by Gasteiger charge is 2.17. The average molecular weight is 469 g/mol. The topological polar surface area (TPSA) is 95.4 Å². The van der Waals surface area contributed by atoms with Gasteiger partial charge in [0, 0.05) is 24.8 Å². The number of amides is 1. The van der Waals surface area contributed by atoms with Crippen LogP contribution in [0.15, 0.2) is 89.9 Å². The molecule has 1 amide bonds. The van der Waals surface area contributed by atoms with Crippen molar-refractivity contribution in [1.82, 2.24) is 29.3 Å². The van der Waals surface area contributed by atoms with Gasteiger partial charge in [-0.05, 0) is 61.0 Å². The summed E-state index contributed by atoms with van der Waals surface area (Å²) in [6, 6.07) is 24.5. The summed E-state index contributed by atoms with van der Waals surface area (Å²) in [5.74, 6) is 0.471. The molecule has 35 heavy (non-hydrogen) atoms. The number of pyridine rings is 1. The molecule has 0 saturated carbocycles. The molecule has 9 nitrogen and oxygen atoms in total. The lowest BCUT2D eigenvalue weighted by Crippen LogP contribution is -2.27. The predicted octanol–water partition coefficient (Wildman–Crippen LogP) is 3.18. The molecule has 0 fully saturated rings. The molecular weight excluding hydrogens is 444 g/mol. The van der Waals surface area contributed by atoms with E-state index in [4.69, 9.17) is 4.74 Å². The Bertz CT molecular complexity index is 1520. The van der Waals surface area contributed by atoms with E-state index in [0.717, 1.165) is 22.7 Å². The molecule has 5 rings (SSSR count). The fraction of sp³-hybridized carbons (Fsp3) is 0.154. The van der Waals surface area contributed by atoms with Crippen molar-refractivity contribution in [1.29, 1.82) is 0 Å². The first-order valence-corrected chi connectivity index (χ1v) is 11.3. The molecule has 9 heteroatoms. The van der Waals surface area contributed by atoms with E-state index in [0.29, 0.717) is 30.9 Å². The van der Waals surface area contributed by atoms with Crippen molar-refractivity contribution in [2.45, 2.75) is 13.0 Å². The van der Waals surface area contributed by atoms with E-state index in [1.54, 1.807) is 36.2 Å². The van der Waals surface area contributed by atoms with Crippen LogP contribution in [0.4, 0.5) is 0 Å². The molecule has 0 aliphatic heterocycles. The van der Waals surface area contributed by atoms with Crippen LogP contribution in [-0.2, 0) is 6.54 Å². The SMILES string of the molecule is COc1ccc(-c2cc(C(=O)NCCCn3nc4ccccn4c3=O)nn2-c2ccccc2)cc1. The molecule has 0 radical (unpaired) electrons. The molecule has 176 valence electrons. The van der Waals surface area contributed by atoms with Gasteiger partial charge in [-0.1, -0.05) is 24.3 Å². The van der Waals surface area contributed by atoms with Gasteiger partial charge in [-0.3, -0.25) is 9.20 Å². The van der Waals surface area contributed by atoms with Gasteiger partial charge in [0.1, 0.15) is 5.75 Å². The Morgan fingerprint density at radius 3 is 2.49 bits per heavy atom. The number of ether oxygens (including phenoxy) is 1. The monoisotopic (exact) mass is 468 g/mol. The normalized spacial score (nSPS) is 11.0. The van der Waals surface area contributed by atoms with Crippen molar-refractivity contribution in [2.24, 2.45) is 0 Å². The number of carbonyl (C=O) groups is 1. The van der Waals surface area contributed by atoms with E-state index in [1.807, 2.05) is 60.7 Å². The second-order valence-electron chi connectivity index (χ2n) is 7.93. The van der Waals surface area contributed by atoms with Crippen LogP contribution in [0.25, 0.3) is 22.6 Å². The standard InChI is InChI=1S/C26H24N6O3/c1-35-21-13-11-19(12-14-21)23-18-22(28-32(23)20-8-3-2-4-9-20)25(33)27-15-7-17-31-26(34)30-16-6-5-10-24(30)29-31/h2-6,8-14,16,18H,7,15,17H2,1H3,(H,27,33). The summed E-state index contributed by atoms with van der Waals surface area (Å²) < 4.78 is 9.92. The van der Waals surface area contributed by atoms with E-state index in [-0.39, 0.29) is 11.6 Å². The van der Waals surface area contributed by atoms with Crippen molar-refractivity contribution in [3.8, 4) is 22.7 Å². The summed E-state index contributed by atoms with van der Waals surface area (Å²) in [5.41, 5.74) is 3.26. The highest BCUT2D eigenvalue weighted by atomic mass is 16.5. The zero-order valence-electron chi connectivity index (χ0n) is 19.2. The minimum absolute atomic E-state index is 0.197. The van der Waals surface area contributed by atoms with Crippen LogP contribution >= 0.6 is 0 Å². The van der Waals surface area contributed by atoms with E-state index < -0.39 is 0 Å². The first kappa shape index (κ1) is 22.1. The molecule has 1 N–H and O–H groups in total. The third kappa shape index (κ3) is 4.56. The first-order chi connectivity index (χ1) is 17.1. The number of fused-ring (bicyclic) bond motifs is 1. The van der Waals surface area contributed by atoms with E-state index >= 15 is 0 Å². The molecular formula is C26H24N6O3. The number of rotatable bonds is 8. The molecule has 0 bridgehead atoms. The molecule has 3 heterocycles. The predicted molar refractivity (Wildman–Crippen MR) is 132 cm³/mol. The number of aromatic nitrogens is 5. The van der Waals surface area contributed by atoms with Gasteiger partial charge in [0.25, 0.3) is 5.91 Å². The maximum Gasteiger partial charge on any atom is 0.350 e. The van der Waals surface area contributed by atoms with Crippen LogP contribution < -0.4 is 15.7 Å². The molecule has 3 aromatic heterocycles. The summed E-state index contributed by atoms with van der Waals surface area (Å²) in [5, 5.41) is 11.8. The maximum atomic E-state index is 12.9. The van der Waals surface area contributed by atoms with Gasteiger partial charge in [-0.25, -0.2) is 14.2 Å². The Kier molecular flexibility index (Phi) is 6.13. The largest absolute Gasteiger partial charge is 0.497 e. The minimum atomic E-state index is -0.281. The number of benzene rings is 2. The summed E-state index contributed by atoms with van der Waals surface area (Å²) in [7, 11) is 1.62. The van der Waals surface area contributed by atoms with Crippen LogP contribution in [0.2, 0.25) is 0 Å². The van der Waals surface area contributed by atoms with Crippen LogP contribution in [0.1, 0.15) is 16.9 Å². The van der Waals surface area contributed by atoms with Crippen LogP contribution in [0.5, 0.6) is 5.75 Å². The molecule has 2 aromatic carbocycles. The van der Waals surface area contributed by atoms with Gasteiger partial charge in [-0.15, -0.1) is 5.10 Å². The minimum Gasteiger partial charge on any atom is -0.497 e. The molecule has 0 unspecified atom stereocenters. The number of hydrogen-bond acceptors (Lipinski definition) is 5. The third-order valence-corrected chi connectivity index (χ3v) is 5.65. The van der Waals surface area contributed by atoms with Gasteiger partial charge in [0.15, 0.2) is 11.3 Å². The van der Waals surface area contributed by atoms with Gasteiger partial charge >= 0.3 is 5.69 Å². The summed E-state index contributed by atoms with van der Waals surface area (Å²) in [6.07, 6.45) is 2.24. The number of hydrogen-bond donors (Lipinski definition) is 1. The zero-order chi connectivity index (χ0) is 24.2. The highest BCUT2D eigenvalue weighted by molar-refractivity contribution is 5.93. The van der Waals surface area contributed by atoms with E-state index in [1.165, 1.54) is 9.08 Å². The number of nitrogens with zero attached hydrogens (tertiary/aromatic N) is 5. The Morgan fingerprint density at radius 1 is 0.971 bits per heavy atom. The number of methoxy groups -OCH3 is 1. The number of carbonyl (C=O) groups excluding carboxylic acids is 1. The highest BCUT2D eigenvalue weighted by Crippen LogP contribution is 2.26. The lowest BCUT2D eigenvalue weighted by molar-refractivity contribution is 0.0947. The average Bonchev–Trinajstić information content (AvgIpc) is 3.49. The van der Waals surface area contributed by atoms with E-state index in [9.17, 15) is 9.59 Å². The van der Waals surface area contributed by atoms with Crippen molar-refractivity contribution >= 4 is 11.6 Å².